The zero-order valence-corrected chi connectivity index (χ0v) is 17.3. The molecule has 2 heterocycles. The van der Waals surface area contributed by atoms with Crippen LogP contribution in [-0.2, 0) is 14.4 Å². The number of carboxylic acids is 1. The minimum atomic E-state index is -1.36. The quantitative estimate of drug-likeness (QED) is 0.586. The Kier molecular flexibility index (Phi) is 6.95. The van der Waals surface area contributed by atoms with E-state index < -0.39 is 29.5 Å². The molecule has 0 aromatic carbocycles. The molecule has 0 radical (unpaired) electrons. The molecule has 8 nitrogen and oxygen atoms in total. The maximum atomic E-state index is 13.0. The third-order valence-electron chi connectivity index (χ3n) is 6.32. The highest BCUT2D eigenvalue weighted by atomic mass is 16.4. The number of carbonyl (C=O) groups is 3. The highest BCUT2D eigenvalue weighted by molar-refractivity contribution is 5.93. The first-order valence-corrected chi connectivity index (χ1v) is 10.8. The standard InChI is InChI=1S/C21H34N4O4/c1-21(20(28)29)11-5-3-2-4-6-12-24(15-9-10-15)14-16(22)19(27)25-13-7-8-17(25)18(26)23-21/h2-3,15-17H,4-14,22H2,1H3,(H,23,26)(H,28,29)/b3-2-/t16-,17-,21-/m0/s1. The Morgan fingerprint density at radius 3 is 2.59 bits per heavy atom. The molecular weight excluding hydrogens is 372 g/mol. The Morgan fingerprint density at radius 2 is 1.90 bits per heavy atom. The monoisotopic (exact) mass is 406 g/mol. The van der Waals surface area contributed by atoms with Crippen LogP contribution in [0.1, 0.15) is 58.3 Å². The Hall–Kier alpha value is -1.93. The maximum Gasteiger partial charge on any atom is 0.329 e. The summed E-state index contributed by atoms with van der Waals surface area (Å²) in [6, 6.07) is -0.797. The molecule has 0 bridgehead atoms. The van der Waals surface area contributed by atoms with Gasteiger partial charge in [0, 0.05) is 19.1 Å². The molecule has 0 spiro atoms. The Bertz CT molecular complexity index is 663. The van der Waals surface area contributed by atoms with Crippen LogP contribution in [0.5, 0.6) is 0 Å². The molecule has 2 fully saturated rings. The summed E-state index contributed by atoms with van der Waals surface area (Å²) in [6.45, 7) is 3.42. The van der Waals surface area contributed by atoms with Crippen molar-refractivity contribution >= 4 is 17.8 Å². The lowest BCUT2D eigenvalue weighted by Crippen LogP contribution is -2.59. The SMILES string of the molecule is C[C@@]1(C(=O)O)CC/C=C\CCCN(C2CC2)C[C@H](N)C(=O)N2CCC[C@H]2C(=O)N1. The molecular formula is C21H34N4O4. The average molecular weight is 407 g/mol. The number of hydrogen-bond acceptors (Lipinski definition) is 5. The average Bonchev–Trinajstić information content (AvgIpc) is 3.40. The van der Waals surface area contributed by atoms with E-state index in [1.165, 1.54) is 6.92 Å². The van der Waals surface area contributed by atoms with Gasteiger partial charge in [-0.25, -0.2) is 4.79 Å². The van der Waals surface area contributed by atoms with Gasteiger partial charge in [0.15, 0.2) is 0 Å². The first kappa shape index (κ1) is 21.8. The number of amides is 2. The second-order valence-electron chi connectivity index (χ2n) is 8.80. The zero-order chi connectivity index (χ0) is 21.0. The number of allylic oxidation sites excluding steroid dienone is 2. The molecule has 4 N–H and O–H groups in total. The highest BCUT2D eigenvalue weighted by Crippen LogP contribution is 2.28. The molecule has 1 saturated heterocycles. The number of nitrogens with zero attached hydrogens (tertiary/aromatic N) is 2. The Morgan fingerprint density at radius 1 is 1.17 bits per heavy atom. The van der Waals surface area contributed by atoms with Crippen molar-refractivity contribution in [3.8, 4) is 0 Å². The van der Waals surface area contributed by atoms with Crippen LogP contribution < -0.4 is 11.1 Å². The fraction of sp³-hybridized carbons (Fsp3) is 0.762. The van der Waals surface area contributed by atoms with Gasteiger partial charge in [0.25, 0.3) is 0 Å². The van der Waals surface area contributed by atoms with E-state index in [9.17, 15) is 19.5 Å². The fourth-order valence-electron chi connectivity index (χ4n) is 4.31. The number of nitrogens with two attached hydrogens (primary N) is 1. The number of fused-ring (bicyclic) bond motifs is 1. The number of rotatable bonds is 2. The molecule has 29 heavy (non-hydrogen) atoms. The second-order valence-corrected chi connectivity index (χ2v) is 8.80. The summed E-state index contributed by atoms with van der Waals surface area (Å²) in [5.41, 5.74) is 4.91. The summed E-state index contributed by atoms with van der Waals surface area (Å²) in [5, 5.41) is 12.4. The topological polar surface area (TPSA) is 116 Å². The minimum Gasteiger partial charge on any atom is -0.480 e. The summed E-state index contributed by atoms with van der Waals surface area (Å²) in [5.74, 6) is -1.67. The molecule has 1 aliphatic carbocycles. The predicted octanol–water partition coefficient (Wildman–Crippen LogP) is 0.859. The summed E-state index contributed by atoms with van der Waals surface area (Å²) in [7, 11) is 0. The molecule has 2 aliphatic heterocycles. The van der Waals surface area contributed by atoms with Crippen LogP contribution in [0.4, 0.5) is 0 Å². The van der Waals surface area contributed by atoms with Crippen molar-refractivity contribution in [3.05, 3.63) is 12.2 Å². The summed E-state index contributed by atoms with van der Waals surface area (Å²) in [6.07, 6.45) is 10.4. The third kappa shape index (κ3) is 5.36. The number of hydrogen-bond donors (Lipinski definition) is 3. The van der Waals surface area contributed by atoms with Crippen molar-refractivity contribution in [3.63, 3.8) is 0 Å². The largest absolute Gasteiger partial charge is 0.480 e. The van der Waals surface area contributed by atoms with E-state index in [1.54, 1.807) is 4.90 Å². The van der Waals surface area contributed by atoms with E-state index in [4.69, 9.17) is 5.73 Å². The van der Waals surface area contributed by atoms with Gasteiger partial charge in [-0.05, 0) is 64.8 Å². The summed E-state index contributed by atoms with van der Waals surface area (Å²) < 4.78 is 0. The molecule has 2 amide bonds. The lowest BCUT2D eigenvalue weighted by molar-refractivity contribution is -0.148. The fourth-order valence-corrected chi connectivity index (χ4v) is 4.31. The molecule has 8 heteroatoms. The summed E-state index contributed by atoms with van der Waals surface area (Å²) in [4.78, 5) is 41.6. The van der Waals surface area contributed by atoms with Crippen molar-refractivity contribution in [1.29, 1.82) is 0 Å². The molecule has 0 aromatic heterocycles. The van der Waals surface area contributed by atoms with Gasteiger partial charge in [0.1, 0.15) is 11.6 Å². The summed E-state index contributed by atoms with van der Waals surface area (Å²) >= 11 is 0. The number of carbonyl (C=O) groups excluding carboxylic acids is 2. The van der Waals surface area contributed by atoms with Crippen molar-refractivity contribution in [1.82, 2.24) is 15.1 Å². The van der Waals surface area contributed by atoms with Crippen LogP contribution in [0.25, 0.3) is 0 Å². The minimum absolute atomic E-state index is 0.211. The van der Waals surface area contributed by atoms with Gasteiger partial charge in [-0.2, -0.15) is 0 Å². The molecule has 1 saturated carbocycles. The van der Waals surface area contributed by atoms with Gasteiger partial charge >= 0.3 is 5.97 Å². The smallest absolute Gasteiger partial charge is 0.329 e. The zero-order valence-electron chi connectivity index (χ0n) is 17.3. The van der Waals surface area contributed by atoms with E-state index in [0.29, 0.717) is 38.4 Å². The Balaban J connectivity index is 1.79. The molecule has 3 aliphatic rings. The maximum absolute atomic E-state index is 13.0. The molecule has 3 atom stereocenters. The van der Waals surface area contributed by atoms with Crippen molar-refractivity contribution < 1.29 is 19.5 Å². The number of aliphatic carboxylic acids is 1. The van der Waals surface area contributed by atoms with E-state index in [-0.39, 0.29) is 5.91 Å². The second kappa shape index (κ2) is 9.26. The first-order valence-electron chi connectivity index (χ1n) is 10.8. The van der Waals surface area contributed by atoms with Crippen molar-refractivity contribution in [2.45, 2.75) is 82.0 Å². The number of carboxylic acid groups (broad SMARTS) is 1. The van der Waals surface area contributed by atoms with Crippen molar-refractivity contribution in [2.24, 2.45) is 5.73 Å². The highest BCUT2D eigenvalue weighted by Gasteiger charge is 2.42. The Labute approximate surface area is 172 Å². The molecule has 0 unspecified atom stereocenters. The lowest BCUT2D eigenvalue weighted by atomic mass is 9.94. The molecule has 3 rings (SSSR count). The third-order valence-corrected chi connectivity index (χ3v) is 6.32. The van der Waals surface area contributed by atoms with Crippen LogP contribution in [-0.4, -0.2) is 76.0 Å². The predicted molar refractivity (Wildman–Crippen MR) is 109 cm³/mol. The normalized spacial score (nSPS) is 34.5. The van der Waals surface area contributed by atoms with Gasteiger partial charge in [0.05, 0.1) is 6.04 Å². The van der Waals surface area contributed by atoms with Gasteiger partial charge in [-0.3, -0.25) is 14.5 Å². The van der Waals surface area contributed by atoms with Crippen LogP contribution in [0, 0.1) is 0 Å². The van der Waals surface area contributed by atoms with Crippen LogP contribution >= 0.6 is 0 Å². The van der Waals surface area contributed by atoms with Crippen LogP contribution in [0.3, 0.4) is 0 Å². The van der Waals surface area contributed by atoms with Gasteiger partial charge in [-0.1, -0.05) is 12.2 Å². The lowest BCUT2D eigenvalue weighted by Gasteiger charge is -2.32. The van der Waals surface area contributed by atoms with E-state index in [1.807, 2.05) is 6.08 Å². The van der Waals surface area contributed by atoms with Gasteiger partial charge < -0.3 is 21.1 Å². The van der Waals surface area contributed by atoms with Crippen LogP contribution in [0.15, 0.2) is 12.2 Å². The van der Waals surface area contributed by atoms with E-state index in [2.05, 4.69) is 16.3 Å². The van der Waals surface area contributed by atoms with E-state index >= 15 is 0 Å². The molecule has 162 valence electrons. The molecule has 0 aromatic rings. The van der Waals surface area contributed by atoms with E-state index in [0.717, 1.165) is 38.6 Å². The van der Waals surface area contributed by atoms with Gasteiger partial charge in [-0.15, -0.1) is 0 Å². The number of nitrogens with one attached hydrogen (secondary N) is 1. The van der Waals surface area contributed by atoms with Crippen molar-refractivity contribution in [2.75, 3.05) is 19.6 Å². The first-order chi connectivity index (χ1) is 13.8. The van der Waals surface area contributed by atoms with Gasteiger partial charge in [0.2, 0.25) is 11.8 Å². The van der Waals surface area contributed by atoms with Crippen LogP contribution in [0.2, 0.25) is 0 Å².